The Labute approximate surface area is 124 Å². The van der Waals surface area contributed by atoms with Crippen LogP contribution in [0.4, 0.5) is 20.2 Å². The third-order valence-corrected chi connectivity index (χ3v) is 2.62. The lowest BCUT2D eigenvalue weighted by atomic mass is 10.2. The van der Waals surface area contributed by atoms with Crippen LogP contribution in [0.15, 0.2) is 36.4 Å². The molecular weight excluding hydrogens is 298 g/mol. The fourth-order valence-electron chi connectivity index (χ4n) is 1.48. The van der Waals surface area contributed by atoms with Gasteiger partial charge in [-0.15, -0.1) is 0 Å². The topological polar surface area (TPSA) is 106 Å². The van der Waals surface area contributed by atoms with E-state index in [2.05, 4.69) is 0 Å². The molecule has 0 aliphatic carbocycles. The van der Waals surface area contributed by atoms with Crippen molar-refractivity contribution < 1.29 is 23.6 Å². The van der Waals surface area contributed by atoms with E-state index in [1.165, 1.54) is 12.1 Å². The largest absolute Gasteiger partial charge is 0.477 e. The molecule has 0 atom stereocenters. The van der Waals surface area contributed by atoms with E-state index in [9.17, 15) is 23.7 Å². The van der Waals surface area contributed by atoms with Crippen LogP contribution in [-0.4, -0.2) is 16.0 Å². The number of aryl methyl sites for hydroxylation is 1. The summed E-state index contributed by atoms with van der Waals surface area (Å²) in [6.07, 6.45) is 0. The van der Waals surface area contributed by atoms with Crippen molar-refractivity contribution in [3.63, 3.8) is 0 Å². The molecule has 6 nitrogen and oxygen atoms in total. The van der Waals surface area contributed by atoms with Gasteiger partial charge in [0.1, 0.15) is 17.2 Å². The van der Waals surface area contributed by atoms with E-state index in [1.54, 1.807) is 13.0 Å². The molecule has 0 heterocycles. The molecule has 3 N–H and O–H groups in total. The Morgan fingerprint density at radius 3 is 2.18 bits per heavy atom. The summed E-state index contributed by atoms with van der Waals surface area (Å²) in [6, 6.07) is 6.59. The van der Waals surface area contributed by atoms with E-state index < -0.39 is 28.0 Å². The van der Waals surface area contributed by atoms with Crippen LogP contribution < -0.4 is 5.73 Å². The molecule has 0 aliphatic rings. The molecule has 116 valence electrons. The van der Waals surface area contributed by atoms with Gasteiger partial charge in [0.05, 0.1) is 4.92 Å². The molecule has 0 spiro atoms. The van der Waals surface area contributed by atoms with Gasteiger partial charge in [-0.2, -0.15) is 0 Å². The van der Waals surface area contributed by atoms with E-state index in [-0.39, 0.29) is 5.82 Å². The zero-order valence-corrected chi connectivity index (χ0v) is 11.4. The summed E-state index contributed by atoms with van der Waals surface area (Å²) in [6.45, 7) is 1.78. The molecule has 0 amide bonds. The molecule has 2 aromatic rings. The number of carbonyl (C=O) groups is 1. The lowest BCUT2D eigenvalue weighted by Gasteiger charge is -1.96. The van der Waals surface area contributed by atoms with Gasteiger partial charge in [-0.25, -0.2) is 13.6 Å². The minimum atomic E-state index is -1.52. The molecule has 0 fully saturated rings. The van der Waals surface area contributed by atoms with Crippen molar-refractivity contribution in [2.24, 2.45) is 0 Å². The van der Waals surface area contributed by atoms with Crippen LogP contribution >= 0.6 is 0 Å². The first-order valence-electron chi connectivity index (χ1n) is 5.91. The lowest BCUT2D eigenvalue weighted by molar-refractivity contribution is -0.385. The van der Waals surface area contributed by atoms with Crippen molar-refractivity contribution >= 4 is 17.3 Å². The number of nitrogen functional groups attached to an aromatic ring is 1. The lowest BCUT2D eigenvalue weighted by Crippen LogP contribution is -2.02. The van der Waals surface area contributed by atoms with Crippen molar-refractivity contribution in [2.75, 3.05) is 5.73 Å². The SMILES string of the molecule is Cc1cc(F)ccc1N.O=C(O)c1cc(F)ccc1[N+](=O)[O-]. The van der Waals surface area contributed by atoms with Gasteiger partial charge in [-0.05, 0) is 42.8 Å². The maximum Gasteiger partial charge on any atom is 0.342 e. The Bertz CT molecular complexity index is 720. The number of aromatic carboxylic acids is 1. The maximum absolute atomic E-state index is 12.5. The van der Waals surface area contributed by atoms with Gasteiger partial charge in [0, 0.05) is 11.8 Å². The molecule has 0 aliphatic heterocycles. The first kappa shape index (κ1) is 17.0. The van der Waals surface area contributed by atoms with Crippen LogP contribution in [0, 0.1) is 28.7 Å². The third kappa shape index (κ3) is 4.51. The highest BCUT2D eigenvalue weighted by atomic mass is 19.1. The van der Waals surface area contributed by atoms with Crippen LogP contribution in [-0.2, 0) is 0 Å². The number of hydrogen-bond donors (Lipinski definition) is 2. The quantitative estimate of drug-likeness (QED) is 0.503. The maximum atomic E-state index is 12.5. The predicted molar refractivity (Wildman–Crippen MR) is 75.6 cm³/mol. The molecule has 2 aromatic carbocycles. The van der Waals surface area contributed by atoms with Crippen LogP contribution in [0.3, 0.4) is 0 Å². The van der Waals surface area contributed by atoms with Crippen LogP contribution in [0.2, 0.25) is 0 Å². The fourth-order valence-corrected chi connectivity index (χ4v) is 1.48. The average Bonchev–Trinajstić information content (AvgIpc) is 2.43. The normalized spacial score (nSPS) is 9.59. The zero-order chi connectivity index (χ0) is 16.9. The van der Waals surface area contributed by atoms with Crippen molar-refractivity contribution in [2.45, 2.75) is 6.92 Å². The van der Waals surface area contributed by atoms with E-state index in [0.29, 0.717) is 11.8 Å². The number of hydrogen-bond acceptors (Lipinski definition) is 4. The smallest absolute Gasteiger partial charge is 0.342 e. The monoisotopic (exact) mass is 310 g/mol. The number of halogens is 2. The van der Waals surface area contributed by atoms with Crippen molar-refractivity contribution in [3.8, 4) is 0 Å². The third-order valence-electron chi connectivity index (χ3n) is 2.62. The number of anilines is 1. The summed E-state index contributed by atoms with van der Waals surface area (Å²) in [4.78, 5) is 19.8. The van der Waals surface area contributed by atoms with Gasteiger partial charge in [-0.1, -0.05) is 0 Å². The van der Waals surface area contributed by atoms with Gasteiger partial charge < -0.3 is 10.8 Å². The summed E-state index contributed by atoms with van der Waals surface area (Å²) >= 11 is 0. The fraction of sp³-hybridized carbons (Fsp3) is 0.0714. The molecule has 0 radical (unpaired) electrons. The first-order valence-corrected chi connectivity index (χ1v) is 5.91. The molecule has 0 bridgehead atoms. The standard InChI is InChI=1S/C7H4FNO4.C7H8FN/c8-4-1-2-6(9(12)13)5(3-4)7(10)11;1-5-4-6(8)2-3-7(5)9/h1-3H,(H,10,11);2-4H,9H2,1H3. The molecular formula is C14H12F2N2O4. The number of rotatable bonds is 2. The summed E-state index contributed by atoms with van der Waals surface area (Å²) in [5, 5.41) is 18.7. The Hall–Kier alpha value is -3.03. The molecule has 8 heteroatoms. The van der Waals surface area contributed by atoms with E-state index in [0.717, 1.165) is 17.7 Å². The summed E-state index contributed by atoms with van der Waals surface area (Å²) in [5.74, 6) is -2.57. The molecule has 0 saturated heterocycles. The van der Waals surface area contributed by atoms with Crippen LogP contribution in [0.1, 0.15) is 15.9 Å². The van der Waals surface area contributed by atoms with Gasteiger partial charge in [0.2, 0.25) is 0 Å². The minimum absolute atomic E-state index is 0.235. The number of carboxylic acids is 1. The Kier molecular flexibility index (Phi) is 5.50. The average molecular weight is 310 g/mol. The second-order valence-electron chi connectivity index (χ2n) is 4.22. The summed E-state index contributed by atoms with van der Waals surface area (Å²) in [5.41, 5.74) is 5.58. The van der Waals surface area contributed by atoms with E-state index >= 15 is 0 Å². The van der Waals surface area contributed by atoms with Crippen LogP contribution in [0.25, 0.3) is 0 Å². The molecule has 0 aromatic heterocycles. The van der Waals surface area contributed by atoms with Crippen LogP contribution in [0.5, 0.6) is 0 Å². The number of nitrogens with zero attached hydrogens (tertiary/aromatic N) is 1. The van der Waals surface area contributed by atoms with E-state index in [4.69, 9.17) is 10.8 Å². The molecule has 0 saturated carbocycles. The molecule has 0 unspecified atom stereocenters. The van der Waals surface area contributed by atoms with Crippen molar-refractivity contribution in [1.29, 1.82) is 0 Å². The van der Waals surface area contributed by atoms with Crippen molar-refractivity contribution in [3.05, 3.63) is 69.3 Å². The van der Waals surface area contributed by atoms with Gasteiger partial charge in [0.25, 0.3) is 5.69 Å². The predicted octanol–water partition coefficient (Wildman–Crippen LogP) is 3.15. The Morgan fingerprint density at radius 1 is 1.18 bits per heavy atom. The summed E-state index contributed by atoms with van der Waals surface area (Å²) < 4.78 is 24.8. The highest BCUT2D eigenvalue weighted by molar-refractivity contribution is 5.92. The number of benzene rings is 2. The Morgan fingerprint density at radius 2 is 1.73 bits per heavy atom. The zero-order valence-electron chi connectivity index (χ0n) is 11.4. The molecule has 2 rings (SSSR count). The highest BCUT2D eigenvalue weighted by Gasteiger charge is 2.19. The highest BCUT2D eigenvalue weighted by Crippen LogP contribution is 2.19. The second-order valence-corrected chi connectivity index (χ2v) is 4.22. The van der Waals surface area contributed by atoms with E-state index in [1.807, 2.05) is 0 Å². The summed E-state index contributed by atoms with van der Waals surface area (Å²) in [7, 11) is 0. The van der Waals surface area contributed by atoms with Crippen molar-refractivity contribution in [1.82, 2.24) is 0 Å². The number of nitro groups is 1. The minimum Gasteiger partial charge on any atom is -0.477 e. The number of carboxylic acid groups (broad SMARTS) is 1. The Balaban J connectivity index is 0.000000235. The van der Waals surface area contributed by atoms with Gasteiger partial charge in [-0.3, -0.25) is 10.1 Å². The first-order chi connectivity index (χ1) is 10.2. The second kappa shape index (κ2) is 7.11. The number of nitrogens with two attached hydrogens (primary N) is 1. The van der Waals surface area contributed by atoms with Gasteiger partial charge in [0.15, 0.2) is 0 Å². The van der Waals surface area contributed by atoms with Gasteiger partial charge >= 0.3 is 5.97 Å². The molecule has 22 heavy (non-hydrogen) atoms. The number of nitro benzene ring substituents is 1.